The van der Waals surface area contributed by atoms with Crippen molar-refractivity contribution in [3.8, 4) is 0 Å². The van der Waals surface area contributed by atoms with Crippen molar-refractivity contribution >= 4 is 34.4 Å². The number of anilines is 1. The first-order chi connectivity index (χ1) is 14.5. The van der Waals surface area contributed by atoms with Crippen LogP contribution in [-0.2, 0) is 17.1 Å². The Morgan fingerprint density at radius 1 is 1.13 bits per heavy atom. The van der Waals surface area contributed by atoms with Crippen LogP contribution < -0.4 is 5.32 Å². The van der Waals surface area contributed by atoms with Crippen molar-refractivity contribution in [2.75, 3.05) is 5.32 Å². The van der Waals surface area contributed by atoms with E-state index >= 15 is 0 Å². The lowest BCUT2D eigenvalue weighted by Gasteiger charge is -2.11. The smallest absolute Gasteiger partial charge is 0.244 e. The van der Waals surface area contributed by atoms with E-state index in [0.717, 1.165) is 22.3 Å². The van der Waals surface area contributed by atoms with E-state index in [2.05, 4.69) is 15.3 Å². The molecule has 2 heterocycles. The zero-order valence-corrected chi connectivity index (χ0v) is 17.5. The summed E-state index contributed by atoms with van der Waals surface area (Å²) >= 11 is 1.40. The number of aryl methyl sites for hydroxylation is 2. The minimum absolute atomic E-state index is 0.0920. The van der Waals surface area contributed by atoms with E-state index in [0.29, 0.717) is 16.5 Å². The van der Waals surface area contributed by atoms with Crippen LogP contribution in [0.2, 0.25) is 0 Å². The molecule has 0 aliphatic rings. The van der Waals surface area contributed by atoms with Crippen LogP contribution in [0.4, 0.5) is 10.1 Å². The van der Waals surface area contributed by atoms with Gasteiger partial charge in [0, 0.05) is 17.6 Å². The van der Waals surface area contributed by atoms with Crippen molar-refractivity contribution in [3.05, 3.63) is 83.4 Å². The summed E-state index contributed by atoms with van der Waals surface area (Å²) < 4.78 is 15.8. The number of imidazole rings is 1. The predicted molar refractivity (Wildman–Crippen MR) is 118 cm³/mol. The number of halogens is 1. The second kappa shape index (κ2) is 8.67. The van der Waals surface area contributed by atoms with Crippen molar-refractivity contribution in [1.29, 1.82) is 0 Å². The average molecular weight is 421 g/mol. The van der Waals surface area contributed by atoms with E-state index in [-0.39, 0.29) is 18.3 Å². The summed E-state index contributed by atoms with van der Waals surface area (Å²) in [5.41, 5.74) is 5.16. The highest BCUT2D eigenvalue weighted by molar-refractivity contribution is 7.98. The van der Waals surface area contributed by atoms with Crippen LogP contribution in [0, 0.1) is 19.7 Å². The number of aromatic nitrogens is 3. The Balaban J connectivity index is 1.57. The fraction of sp³-hybridized carbons (Fsp3) is 0.174. The van der Waals surface area contributed by atoms with Gasteiger partial charge in [-0.25, -0.2) is 9.37 Å². The molecule has 0 saturated heterocycles. The van der Waals surface area contributed by atoms with Gasteiger partial charge in [-0.1, -0.05) is 36.0 Å². The van der Waals surface area contributed by atoms with Crippen molar-refractivity contribution in [3.63, 3.8) is 0 Å². The summed E-state index contributed by atoms with van der Waals surface area (Å²) in [7, 11) is 0. The lowest BCUT2D eigenvalue weighted by molar-refractivity contribution is -0.116. The Morgan fingerprint density at radius 3 is 2.77 bits per heavy atom. The summed E-state index contributed by atoms with van der Waals surface area (Å²) in [4.78, 5) is 21.5. The summed E-state index contributed by atoms with van der Waals surface area (Å²) in [5.74, 6) is 0.0123. The van der Waals surface area contributed by atoms with Crippen molar-refractivity contribution in [2.24, 2.45) is 0 Å². The first-order valence-electron chi connectivity index (χ1n) is 9.55. The van der Waals surface area contributed by atoms with Gasteiger partial charge in [-0.2, -0.15) is 0 Å². The molecule has 0 aliphatic heterocycles. The van der Waals surface area contributed by atoms with Gasteiger partial charge in [0.15, 0.2) is 5.16 Å². The molecule has 0 spiro atoms. The number of benzene rings is 2. The molecular weight excluding hydrogens is 399 g/mol. The Kier molecular flexibility index (Phi) is 5.81. The SMILES string of the molecule is Cc1ccc(NC(=O)Cn2c(SCc3ccccc3F)nc3ccncc32)cc1C. The Bertz CT molecular complexity index is 1220. The number of nitrogens with zero attached hydrogens (tertiary/aromatic N) is 3. The number of hydrogen-bond acceptors (Lipinski definition) is 4. The highest BCUT2D eigenvalue weighted by Crippen LogP contribution is 2.27. The maximum Gasteiger partial charge on any atom is 0.244 e. The second-order valence-corrected chi connectivity index (χ2v) is 8.01. The Hall–Kier alpha value is -3.19. The topological polar surface area (TPSA) is 59.8 Å². The molecule has 4 rings (SSSR count). The van der Waals surface area contributed by atoms with Crippen LogP contribution in [0.15, 0.2) is 66.1 Å². The van der Waals surface area contributed by atoms with E-state index in [4.69, 9.17) is 0 Å². The monoisotopic (exact) mass is 420 g/mol. The molecule has 0 saturated carbocycles. The van der Waals surface area contributed by atoms with Crippen LogP contribution in [0.5, 0.6) is 0 Å². The molecule has 152 valence electrons. The number of hydrogen-bond donors (Lipinski definition) is 1. The fourth-order valence-corrected chi connectivity index (χ4v) is 4.13. The minimum atomic E-state index is -0.248. The molecule has 7 heteroatoms. The summed E-state index contributed by atoms with van der Waals surface area (Å²) in [6.07, 6.45) is 3.36. The predicted octanol–water partition coefficient (Wildman–Crippen LogP) is 5.12. The number of nitrogens with one attached hydrogen (secondary N) is 1. The molecule has 0 unspecified atom stereocenters. The number of rotatable bonds is 6. The van der Waals surface area contributed by atoms with E-state index in [9.17, 15) is 9.18 Å². The Labute approximate surface area is 178 Å². The number of fused-ring (bicyclic) bond motifs is 1. The third kappa shape index (κ3) is 4.36. The van der Waals surface area contributed by atoms with Gasteiger partial charge in [0.1, 0.15) is 12.4 Å². The van der Waals surface area contributed by atoms with Crippen LogP contribution in [0.3, 0.4) is 0 Å². The lowest BCUT2D eigenvalue weighted by atomic mass is 10.1. The summed E-state index contributed by atoms with van der Waals surface area (Å²) in [6.45, 7) is 4.14. The first kappa shape index (κ1) is 20.1. The van der Waals surface area contributed by atoms with Gasteiger partial charge in [-0.05, 0) is 54.8 Å². The van der Waals surface area contributed by atoms with Gasteiger partial charge >= 0.3 is 0 Å². The highest BCUT2D eigenvalue weighted by Gasteiger charge is 2.15. The van der Waals surface area contributed by atoms with Gasteiger partial charge in [-0.15, -0.1) is 0 Å². The van der Waals surface area contributed by atoms with Crippen molar-refractivity contribution in [2.45, 2.75) is 31.3 Å². The third-order valence-corrected chi connectivity index (χ3v) is 5.95. The van der Waals surface area contributed by atoms with Gasteiger partial charge in [0.25, 0.3) is 0 Å². The molecule has 2 aromatic heterocycles. The number of amides is 1. The zero-order valence-electron chi connectivity index (χ0n) is 16.7. The fourth-order valence-electron chi connectivity index (χ4n) is 3.13. The van der Waals surface area contributed by atoms with Gasteiger partial charge in [-0.3, -0.25) is 9.78 Å². The minimum Gasteiger partial charge on any atom is -0.325 e. The maximum absolute atomic E-state index is 14.0. The van der Waals surface area contributed by atoms with Crippen molar-refractivity contribution < 1.29 is 9.18 Å². The van der Waals surface area contributed by atoms with Gasteiger partial charge in [0.05, 0.1) is 17.2 Å². The molecule has 1 N–H and O–H groups in total. The summed E-state index contributed by atoms with van der Waals surface area (Å²) in [5, 5.41) is 3.60. The van der Waals surface area contributed by atoms with Crippen LogP contribution in [0.25, 0.3) is 11.0 Å². The molecular formula is C23H21FN4OS. The second-order valence-electron chi connectivity index (χ2n) is 7.07. The average Bonchev–Trinajstić information content (AvgIpc) is 3.07. The van der Waals surface area contributed by atoms with Crippen LogP contribution >= 0.6 is 11.8 Å². The molecule has 0 atom stereocenters. The standard InChI is InChI=1S/C23H21FN4OS/c1-15-7-8-18(11-16(15)2)26-22(29)13-28-21-12-25-10-9-20(21)27-23(28)30-14-17-5-3-4-6-19(17)24/h3-12H,13-14H2,1-2H3,(H,26,29). The van der Waals surface area contributed by atoms with E-state index < -0.39 is 0 Å². The Morgan fingerprint density at radius 2 is 1.97 bits per heavy atom. The quantitative estimate of drug-likeness (QED) is 0.440. The highest BCUT2D eigenvalue weighted by atomic mass is 32.2. The molecule has 0 aliphatic carbocycles. The molecule has 4 aromatic rings. The van der Waals surface area contributed by atoms with Gasteiger partial charge in [0.2, 0.25) is 5.91 Å². The third-order valence-electron chi connectivity index (χ3n) is 4.92. The molecule has 5 nitrogen and oxygen atoms in total. The van der Waals surface area contributed by atoms with E-state index in [1.165, 1.54) is 23.4 Å². The largest absolute Gasteiger partial charge is 0.325 e. The lowest BCUT2D eigenvalue weighted by Crippen LogP contribution is -2.19. The zero-order chi connectivity index (χ0) is 21.1. The molecule has 1 amide bonds. The van der Waals surface area contributed by atoms with Crippen molar-refractivity contribution in [1.82, 2.24) is 14.5 Å². The number of carbonyl (C=O) groups excluding carboxylic acids is 1. The van der Waals surface area contributed by atoms with Gasteiger partial charge < -0.3 is 9.88 Å². The van der Waals surface area contributed by atoms with Crippen LogP contribution in [0.1, 0.15) is 16.7 Å². The number of thioether (sulfide) groups is 1. The molecule has 0 bridgehead atoms. The molecule has 0 radical (unpaired) electrons. The maximum atomic E-state index is 14.0. The normalized spacial score (nSPS) is 11.0. The summed E-state index contributed by atoms with van der Waals surface area (Å²) in [6, 6.07) is 14.3. The van der Waals surface area contributed by atoms with E-state index in [1.54, 1.807) is 30.6 Å². The number of carbonyl (C=O) groups is 1. The number of pyridine rings is 1. The molecule has 0 fully saturated rings. The van der Waals surface area contributed by atoms with E-state index in [1.807, 2.05) is 42.7 Å². The van der Waals surface area contributed by atoms with Crippen LogP contribution in [-0.4, -0.2) is 20.4 Å². The molecule has 2 aromatic carbocycles. The molecule has 30 heavy (non-hydrogen) atoms. The first-order valence-corrected chi connectivity index (χ1v) is 10.5.